The molecular formula is C13H19NO2S. The van der Waals surface area contributed by atoms with Crippen LogP contribution in [0.5, 0.6) is 0 Å². The molecule has 0 unspecified atom stereocenters. The van der Waals surface area contributed by atoms with E-state index in [4.69, 9.17) is 5.11 Å². The first-order valence-corrected chi connectivity index (χ1v) is 7.15. The molecule has 3 nitrogen and oxygen atoms in total. The number of carboxylic acid groups (broad SMARTS) is 1. The molecule has 0 bridgehead atoms. The number of carboxylic acids is 1. The fourth-order valence-electron chi connectivity index (χ4n) is 2.40. The van der Waals surface area contributed by atoms with E-state index < -0.39 is 5.97 Å². The molecule has 2 rings (SSSR count). The van der Waals surface area contributed by atoms with Crippen LogP contribution in [0.4, 0.5) is 0 Å². The highest BCUT2D eigenvalue weighted by Crippen LogP contribution is 2.26. The van der Waals surface area contributed by atoms with E-state index in [1.807, 2.05) is 0 Å². The van der Waals surface area contributed by atoms with Crippen molar-refractivity contribution in [1.82, 2.24) is 5.32 Å². The van der Waals surface area contributed by atoms with Gasteiger partial charge in [-0.05, 0) is 24.9 Å². The number of carbonyl (C=O) groups is 1. The van der Waals surface area contributed by atoms with Gasteiger partial charge < -0.3 is 10.4 Å². The third-order valence-electron chi connectivity index (χ3n) is 3.40. The van der Waals surface area contributed by atoms with Crippen molar-refractivity contribution in [2.75, 3.05) is 6.54 Å². The Morgan fingerprint density at radius 3 is 2.88 bits per heavy atom. The van der Waals surface area contributed by atoms with E-state index >= 15 is 0 Å². The second-order valence-corrected chi connectivity index (χ2v) is 5.72. The summed E-state index contributed by atoms with van der Waals surface area (Å²) >= 11 is 1.52. The molecule has 0 aromatic carbocycles. The van der Waals surface area contributed by atoms with Crippen LogP contribution in [-0.2, 0) is 6.54 Å². The number of rotatable bonds is 6. The Morgan fingerprint density at radius 2 is 2.24 bits per heavy atom. The van der Waals surface area contributed by atoms with Gasteiger partial charge in [-0.15, -0.1) is 11.3 Å². The normalized spacial score (nSPS) is 16.5. The van der Waals surface area contributed by atoms with E-state index in [1.165, 1.54) is 43.4 Å². The molecule has 1 fully saturated rings. The molecule has 1 aromatic rings. The molecular weight excluding hydrogens is 234 g/mol. The van der Waals surface area contributed by atoms with Gasteiger partial charge in [-0.3, -0.25) is 0 Å². The Kier molecular flexibility index (Phi) is 4.57. The Balaban J connectivity index is 1.65. The molecule has 94 valence electrons. The molecule has 1 aliphatic rings. The maximum atomic E-state index is 10.7. The SMILES string of the molecule is O=C(O)c1csc(CNCCC2CCCC2)c1. The van der Waals surface area contributed by atoms with Crippen LogP contribution in [0, 0.1) is 5.92 Å². The van der Waals surface area contributed by atoms with Gasteiger partial charge in [-0.25, -0.2) is 4.79 Å². The number of hydrogen-bond acceptors (Lipinski definition) is 3. The molecule has 0 radical (unpaired) electrons. The minimum atomic E-state index is -0.835. The summed E-state index contributed by atoms with van der Waals surface area (Å²) in [7, 11) is 0. The maximum Gasteiger partial charge on any atom is 0.336 e. The summed E-state index contributed by atoms with van der Waals surface area (Å²) in [5, 5.41) is 13.9. The van der Waals surface area contributed by atoms with Gasteiger partial charge in [0.05, 0.1) is 5.56 Å². The van der Waals surface area contributed by atoms with Crippen LogP contribution >= 0.6 is 11.3 Å². The lowest BCUT2D eigenvalue weighted by Gasteiger charge is -2.08. The van der Waals surface area contributed by atoms with Crippen LogP contribution in [0.1, 0.15) is 47.3 Å². The summed E-state index contributed by atoms with van der Waals surface area (Å²) in [5.41, 5.74) is 0.405. The molecule has 1 heterocycles. The summed E-state index contributed by atoms with van der Waals surface area (Å²) < 4.78 is 0. The van der Waals surface area contributed by atoms with Crippen LogP contribution in [0.3, 0.4) is 0 Å². The first-order valence-electron chi connectivity index (χ1n) is 6.27. The fraction of sp³-hybridized carbons (Fsp3) is 0.615. The monoisotopic (exact) mass is 253 g/mol. The number of nitrogens with one attached hydrogen (secondary N) is 1. The van der Waals surface area contributed by atoms with Gasteiger partial charge in [-0.1, -0.05) is 25.7 Å². The third kappa shape index (κ3) is 3.82. The number of aromatic carboxylic acids is 1. The molecule has 0 spiro atoms. The second-order valence-electron chi connectivity index (χ2n) is 4.72. The van der Waals surface area contributed by atoms with Crippen LogP contribution in [-0.4, -0.2) is 17.6 Å². The molecule has 4 heteroatoms. The topological polar surface area (TPSA) is 49.3 Å². The van der Waals surface area contributed by atoms with E-state index in [-0.39, 0.29) is 0 Å². The Bertz CT molecular complexity index is 369. The van der Waals surface area contributed by atoms with Gasteiger partial charge in [0.15, 0.2) is 0 Å². The van der Waals surface area contributed by atoms with Gasteiger partial charge in [0, 0.05) is 16.8 Å². The lowest BCUT2D eigenvalue weighted by atomic mass is 10.0. The molecule has 0 aliphatic heterocycles. The van der Waals surface area contributed by atoms with Crippen molar-refractivity contribution in [2.45, 2.75) is 38.6 Å². The Labute approximate surface area is 106 Å². The van der Waals surface area contributed by atoms with Crippen molar-refractivity contribution in [1.29, 1.82) is 0 Å². The molecule has 17 heavy (non-hydrogen) atoms. The quantitative estimate of drug-likeness (QED) is 0.766. The van der Waals surface area contributed by atoms with Gasteiger partial charge >= 0.3 is 5.97 Å². The predicted molar refractivity (Wildman–Crippen MR) is 69.6 cm³/mol. The summed E-state index contributed by atoms with van der Waals surface area (Å²) in [6, 6.07) is 1.76. The third-order valence-corrected chi connectivity index (χ3v) is 4.34. The highest BCUT2D eigenvalue weighted by molar-refractivity contribution is 7.10. The Morgan fingerprint density at radius 1 is 1.47 bits per heavy atom. The first kappa shape index (κ1) is 12.6. The van der Waals surface area contributed by atoms with Gasteiger partial charge in [0.1, 0.15) is 0 Å². The van der Waals surface area contributed by atoms with Crippen LogP contribution in [0.25, 0.3) is 0 Å². The van der Waals surface area contributed by atoms with Crippen LogP contribution < -0.4 is 5.32 Å². The van der Waals surface area contributed by atoms with Crippen molar-refractivity contribution in [3.05, 3.63) is 21.9 Å². The molecule has 0 amide bonds. The van der Waals surface area contributed by atoms with E-state index in [0.717, 1.165) is 23.9 Å². The average Bonchev–Trinajstić information content (AvgIpc) is 2.96. The van der Waals surface area contributed by atoms with Gasteiger partial charge in [0.25, 0.3) is 0 Å². The lowest BCUT2D eigenvalue weighted by molar-refractivity contribution is 0.0697. The lowest BCUT2D eigenvalue weighted by Crippen LogP contribution is -2.16. The van der Waals surface area contributed by atoms with Gasteiger partial charge in [-0.2, -0.15) is 0 Å². The van der Waals surface area contributed by atoms with Crippen molar-refractivity contribution in [2.24, 2.45) is 5.92 Å². The molecule has 2 N–H and O–H groups in total. The zero-order chi connectivity index (χ0) is 12.1. The molecule has 1 aliphatic carbocycles. The van der Waals surface area contributed by atoms with E-state index in [1.54, 1.807) is 11.4 Å². The second kappa shape index (κ2) is 6.17. The summed E-state index contributed by atoms with van der Waals surface area (Å²) in [5.74, 6) is 0.0823. The van der Waals surface area contributed by atoms with E-state index in [2.05, 4.69) is 5.32 Å². The zero-order valence-electron chi connectivity index (χ0n) is 9.95. The van der Waals surface area contributed by atoms with E-state index in [9.17, 15) is 4.79 Å². The maximum absolute atomic E-state index is 10.7. The number of hydrogen-bond donors (Lipinski definition) is 2. The highest BCUT2D eigenvalue weighted by Gasteiger charge is 2.14. The minimum absolute atomic E-state index is 0.405. The van der Waals surface area contributed by atoms with Crippen LogP contribution in [0.15, 0.2) is 11.4 Å². The largest absolute Gasteiger partial charge is 0.478 e. The minimum Gasteiger partial charge on any atom is -0.478 e. The van der Waals surface area contributed by atoms with Crippen molar-refractivity contribution in [3.8, 4) is 0 Å². The molecule has 1 saturated carbocycles. The van der Waals surface area contributed by atoms with Crippen LogP contribution in [0.2, 0.25) is 0 Å². The van der Waals surface area contributed by atoms with Crippen molar-refractivity contribution >= 4 is 17.3 Å². The fourth-order valence-corrected chi connectivity index (χ4v) is 3.23. The Hall–Kier alpha value is -0.870. The highest BCUT2D eigenvalue weighted by atomic mass is 32.1. The van der Waals surface area contributed by atoms with Gasteiger partial charge in [0.2, 0.25) is 0 Å². The van der Waals surface area contributed by atoms with Crippen molar-refractivity contribution in [3.63, 3.8) is 0 Å². The van der Waals surface area contributed by atoms with E-state index in [0.29, 0.717) is 5.56 Å². The average molecular weight is 253 g/mol. The first-order chi connectivity index (χ1) is 8.25. The van der Waals surface area contributed by atoms with Crippen molar-refractivity contribution < 1.29 is 9.90 Å². The molecule has 0 saturated heterocycles. The molecule has 0 atom stereocenters. The number of thiophene rings is 1. The summed E-state index contributed by atoms with van der Waals surface area (Å²) in [6.45, 7) is 1.84. The summed E-state index contributed by atoms with van der Waals surface area (Å²) in [4.78, 5) is 11.8. The molecule has 1 aromatic heterocycles. The standard InChI is InChI=1S/C13H19NO2S/c15-13(16)11-7-12(17-9-11)8-14-6-5-10-3-1-2-4-10/h7,9-10,14H,1-6,8H2,(H,15,16). The predicted octanol–water partition coefficient (Wildman–Crippen LogP) is 3.12. The smallest absolute Gasteiger partial charge is 0.336 e. The summed E-state index contributed by atoms with van der Waals surface area (Å²) in [6.07, 6.45) is 6.85. The zero-order valence-corrected chi connectivity index (χ0v) is 10.8.